The fourth-order valence-corrected chi connectivity index (χ4v) is 4.14. The lowest BCUT2D eigenvalue weighted by Crippen LogP contribution is -2.46. The van der Waals surface area contributed by atoms with Crippen LogP contribution in [0.2, 0.25) is 0 Å². The van der Waals surface area contributed by atoms with E-state index in [4.69, 9.17) is 4.74 Å². The molecule has 2 atom stereocenters. The van der Waals surface area contributed by atoms with Gasteiger partial charge in [-0.2, -0.15) is 0 Å². The van der Waals surface area contributed by atoms with Crippen LogP contribution in [0.15, 0.2) is 35.3 Å². The van der Waals surface area contributed by atoms with Crippen LogP contribution in [0.3, 0.4) is 0 Å². The number of guanidine groups is 1. The number of benzene rings is 1. The Morgan fingerprint density at radius 2 is 2.08 bits per heavy atom. The van der Waals surface area contributed by atoms with Crippen LogP contribution in [-0.2, 0) is 9.84 Å². The van der Waals surface area contributed by atoms with Crippen molar-refractivity contribution in [3.05, 3.63) is 30.3 Å². The zero-order chi connectivity index (χ0) is 16.7. The molecule has 0 saturated carbocycles. The number of nitrogens with one attached hydrogen (secondary N) is 2. The van der Waals surface area contributed by atoms with Crippen LogP contribution < -0.4 is 15.4 Å². The third-order valence-electron chi connectivity index (χ3n) is 3.80. The van der Waals surface area contributed by atoms with E-state index in [2.05, 4.69) is 22.5 Å². The van der Waals surface area contributed by atoms with Crippen LogP contribution in [0.1, 0.15) is 19.8 Å². The van der Waals surface area contributed by atoms with Gasteiger partial charge in [0.2, 0.25) is 0 Å². The standard InChI is InChI=1S/C16H25N3O3S.HI/c1-3-14(22-15-7-5-4-6-8-15)11-18-16(17-2)19-13-9-10-23(20,21)12-13;/h4-8,13-14H,3,9-12H2,1-2H3,(H2,17,18,19);1H. The van der Waals surface area contributed by atoms with Crippen molar-refractivity contribution in [2.75, 3.05) is 25.1 Å². The van der Waals surface area contributed by atoms with E-state index in [1.54, 1.807) is 7.05 Å². The van der Waals surface area contributed by atoms with Gasteiger partial charge in [-0.3, -0.25) is 4.99 Å². The SMILES string of the molecule is CCC(CNC(=NC)NC1CCS(=O)(=O)C1)Oc1ccccc1.I. The Kier molecular flexibility index (Phi) is 8.82. The van der Waals surface area contributed by atoms with Gasteiger partial charge in [0.05, 0.1) is 18.1 Å². The van der Waals surface area contributed by atoms with Crippen molar-refractivity contribution in [2.45, 2.75) is 31.9 Å². The van der Waals surface area contributed by atoms with Crippen molar-refractivity contribution in [3.8, 4) is 5.75 Å². The van der Waals surface area contributed by atoms with Gasteiger partial charge in [-0.15, -0.1) is 24.0 Å². The van der Waals surface area contributed by atoms with E-state index in [9.17, 15) is 8.42 Å². The van der Waals surface area contributed by atoms with Crippen molar-refractivity contribution in [2.24, 2.45) is 4.99 Å². The number of hydrogen-bond acceptors (Lipinski definition) is 4. The molecule has 136 valence electrons. The number of rotatable bonds is 6. The summed E-state index contributed by atoms with van der Waals surface area (Å²) in [7, 11) is -1.22. The number of aliphatic imine (C=N–C) groups is 1. The highest BCUT2D eigenvalue weighted by atomic mass is 127. The summed E-state index contributed by atoms with van der Waals surface area (Å²) < 4.78 is 28.9. The highest BCUT2D eigenvalue weighted by molar-refractivity contribution is 14.0. The van der Waals surface area contributed by atoms with Crippen LogP contribution in [0.4, 0.5) is 0 Å². The number of sulfone groups is 1. The largest absolute Gasteiger partial charge is 0.489 e. The molecule has 0 bridgehead atoms. The lowest BCUT2D eigenvalue weighted by molar-refractivity contribution is 0.199. The Hall–Kier alpha value is -1.03. The second kappa shape index (κ2) is 10.1. The first-order valence-corrected chi connectivity index (χ1v) is 9.74. The second-order valence-corrected chi connectivity index (χ2v) is 7.89. The Bertz CT molecular complexity index is 623. The Morgan fingerprint density at radius 3 is 2.62 bits per heavy atom. The van der Waals surface area contributed by atoms with E-state index >= 15 is 0 Å². The summed E-state index contributed by atoms with van der Waals surface area (Å²) in [6.07, 6.45) is 1.50. The highest BCUT2D eigenvalue weighted by Gasteiger charge is 2.28. The van der Waals surface area contributed by atoms with Gasteiger partial charge in [-0.1, -0.05) is 25.1 Å². The van der Waals surface area contributed by atoms with Crippen LogP contribution in [0, 0.1) is 0 Å². The first-order chi connectivity index (χ1) is 11.0. The normalized spacial score (nSPS) is 20.8. The molecule has 2 unspecified atom stereocenters. The summed E-state index contributed by atoms with van der Waals surface area (Å²) in [6, 6.07) is 9.62. The van der Waals surface area contributed by atoms with Crippen molar-refractivity contribution in [1.29, 1.82) is 0 Å². The topological polar surface area (TPSA) is 79.8 Å². The molecule has 0 aliphatic carbocycles. The van der Waals surface area contributed by atoms with Gasteiger partial charge in [0.1, 0.15) is 11.9 Å². The quantitative estimate of drug-likeness (QED) is 0.379. The highest BCUT2D eigenvalue weighted by Crippen LogP contribution is 2.12. The molecule has 8 heteroatoms. The van der Waals surface area contributed by atoms with Crippen LogP contribution in [0.5, 0.6) is 5.75 Å². The summed E-state index contributed by atoms with van der Waals surface area (Å²) in [5.41, 5.74) is 0. The molecular weight excluding hydrogens is 441 g/mol. The molecule has 2 rings (SSSR count). The third-order valence-corrected chi connectivity index (χ3v) is 5.56. The molecule has 1 aromatic rings. The molecule has 1 heterocycles. The minimum absolute atomic E-state index is 0. The molecule has 1 aliphatic heterocycles. The lowest BCUT2D eigenvalue weighted by atomic mass is 10.2. The van der Waals surface area contributed by atoms with Crippen LogP contribution in [-0.4, -0.2) is 51.6 Å². The number of para-hydroxylation sites is 1. The Balaban J connectivity index is 0.00000288. The zero-order valence-corrected chi connectivity index (χ0v) is 17.2. The van der Waals surface area contributed by atoms with Gasteiger partial charge in [-0.05, 0) is 25.0 Å². The van der Waals surface area contributed by atoms with Gasteiger partial charge in [0.25, 0.3) is 0 Å². The van der Waals surface area contributed by atoms with E-state index in [-0.39, 0.29) is 47.6 Å². The van der Waals surface area contributed by atoms with Crippen molar-refractivity contribution in [3.63, 3.8) is 0 Å². The molecule has 1 fully saturated rings. The van der Waals surface area contributed by atoms with E-state index in [1.165, 1.54) is 0 Å². The molecule has 2 N–H and O–H groups in total. The molecule has 0 spiro atoms. The average molecular weight is 467 g/mol. The lowest BCUT2D eigenvalue weighted by Gasteiger charge is -2.21. The maximum atomic E-state index is 11.5. The van der Waals surface area contributed by atoms with E-state index in [0.29, 0.717) is 18.9 Å². The van der Waals surface area contributed by atoms with Crippen LogP contribution >= 0.6 is 24.0 Å². The number of nitrogens with zero attached hydrogens (tertiary/aromatic N) is 1. The minimum atomic E-state index is -2.90. The predicted octanol–water partition coefficient (Wildman–Crippen LogP) is 1.81. The van der Waals surface area contributed by atoms with Crippen molar-refractivity contribution >= 4 is 39.8 Å². The van der Waals surface area contributed by atoms with Gasteiger partial charge < -0.3 is 15.4 Å². The molecule has 24 heavy (non-hydrogen) atoms. The number of hydrogen-bond donors (Lipinski definition) is 2. The summed E-state index contributed by atoms with van der Waals surface area (Å²) in [5, 5.41) is 6.38. The number of halogens is 1. The minimum Gasteiger partial charge on any atom is -0.489 e. The van der Waals surface area contributed by atoms with E-state index in [0.717, 1.165) is 12.2 Å². The molecule has 0 aromatic heterocycles. The van der Waals surface area contributed by atoms with E-state index in [1.807, 2.05) is 30.3 Å². The van der Waals surface area contributed by atoms with Gasteiger partial charge >= 0.3 is 0 Å². The zero-order valence-electron chi connectivity index (χ0n) is 14.1. The van der Waals surface area contributed by atoms with Gasteiger partial charge in [0, 0.05) is 13.1 Å². The molecule has 1 saturated heterocycles. The Morgan fingerprint density at radius 1 is 1.38 bits per heavy atom. The third kappa shape index (κ3) is 6.84. The van der Waals surface area contributed by atoms with Gasteiger partial charge in [0.15, 0.2) is 15.8 Å². The van der Waals surface area contributed by atoms with Crippen LogP contribution in [0.25, 0.3) is 0 Å². The molecule has 0 radical (unpaired) electrons. The molecule has 0 amide bonds. The monoisotopic (exact) mass is 467 g/mol. The second-order valence-electron chi connectivity index (χ2n) is 5.66. The van der Waals surface area contributed by atoms with Gasteiger partial charge in [-0.25, -0.2) is 8.42 Å². The smallest absolute Gasteiger partial charge is 0.191 e. The van der Waals surface area contributed by atoms with Crippen molar-refractivity contribution in [1.82, 2.24) is 10.6 Å². The fourth-order valence-electron chi connectivity index (χ4n) is 2.47. The Labute approximate surface area is 161 Å². The summed E-state index contributed by atoms with van der Waals surface area (Å²) in [4.78, 5) is 4.16. The maximum Gasteiger partial charge on any atom is 0.191 e. The molecule has 6 nitrogen and oxygen atoms in total. The average Bonchev–Trinajstić information content (AvgIpc) is 2.89. The predicted molar refractivity (Wildman–Crippen MR) is 108 cm³/mol. The maximum absolute atomic E-state index is 11.5. The molecular formula is C16H26IN3O3S. The first kappa shape index (κ1) is 21.0. The summed E-state index contributed by atoms with van der Waals surface area (Å²) in [5.74, 6) is 1.87. The van der Waals surface area contributed by atoms with E-state index < -0.39 is 9.84 Å². The van der Waals surface area contributed by atoms with Crippen molar-refractivity contribution < 1.29 is 13.2 Å². The molecule has 1 aliphatic rings. The number of ether oxygens (including phenoxy) is 1. The fraction of sp³-hybridized carbons (Fsp3) is 0.562. The summed E-state index contributed by atoms with van der Waals surface area (Å²) in [6.45, 7) is 2.67. The summed E-state index contributed by atoms with van der Waals surface area (Å²) >= 11 is 0. The first-order valence-electron chi connectivity index (χ1n) is 7.91. The molecule has 1 aromatic carbocycles.